The molecule has 2 aliphatic heterocycles. The first-order valence-electron chi connectivity index (χ1n) is 9.27. The summed E-state index contributed by atoms with van der Waals surface area (Å²) in [5.41, 5.74) is 3.67. The first-order valence-corrected chi connectivity index (χ1v) is 9.27. The molecule has 24 heavy (non-hydrogen) atoms. The molecular weight excluding hydrogens is 298 g/mol. The van der Waals surface area contributed by atoms with Gasteiger partial charge in [0, 0.05) is 56.1 Å². The molecule has 2 fully saturated rings. The van der Waals surface area contributed by atoms with Crippen molar-refractivity contribution >= 4 is 16.6 Å². The number of aromatic nitrogens is 1. The Bertz CT molecular complexity index is 688. The second kappa shape index (κ2) is 7.08. The Morgan fingerprint density at radius 3 is 2.75 bits per heavy atom. The van der Waals surface area contributed by atoms with Gasteiger partial charge in [0.2, 0.25) is 0 Å². The van der Waals surface area contributed by atoms with Crippen molar-refractivity contribution in [3.05, 3.63) is 36.0 Å². The lowest BCUT2D eigenvalue weighted by Gasteiger charge is -2.37. The number of fused-ring (bicyclic) bond motifs is 1. The SMILES string of the molecule is CCc1cc(N2CCN(CC3CCOC3)CC2)c2ccccc2n1. The third-order valence-corrected chi connectivity index (χ3v) is 5.36. The molecule has 1 atom stereocenters. The second-order valence-electron chi connectivity index (χ2n) is 7.02. The molecule has 1 unspecified atom stereocenters. The summed E-state index contributed by atoms with van der Waals surface area (Å²) in [4.78, 5) is 9.94. The number of para-hydroxylation sites is 1. The molecule has 0 amide bonds. The van der Waals surface area contributed by atoms with Gasteiger partial charge in [-0.2, -0.15) is 0 Å². The second-order valence-corrected chi connectivity index (χ2v) is 7.02. The fourth-order valence-corrected chi connectivity index (χ4v) is 3.92. The highest BCUT2D eigenvalue weighted by Crippen LogP contribution is 2.28. The van der Waals surface area contributed by atoms with Crippen LogP contribution in [0.15, 0.2) is 30.3 Å². The number of aryl methyl sites for hydroxylation is 1. The van der Waals surface area contributed by atoms with Crippen molar-refractivity contribution in [1.29, 1.82) is 0 Å². The minimum atomic E-state index is 0.741. The van der Waals surface area contributed by atoms with Gasteiger partial charge in [-0.05, 0) is 30.9 Å². The van der Waals surface area contributed by atoms with Crippen molar-refractivity contribution in [2.24, 2.45) is 5.92 Å². The van der Waals surface area contributed by atoms with Crippen LogP contribution in [-0.2, 0) is 11.2 Å². The van der Waals surface area contributed by atoms with Crippen LogP contribution in [0.25, 0.3) is 10.9 Å². The minimum absolute atomic E-state index is 0.741. The highest BCUT2D eigenvalue weighted by molar-refractivity contribution is 5.92. The lowest BCUT2D eigenvalue weighted by atomic mass is 10.1. The number of ether oxygens (including phenoxy) is 1. The maximum atomic E-state index is 5.52. The molecule has 1 aromatic carbocycles. The van der Waals surface area contributed by atoms with Crippen molar-refractivity contribution in [3.63, 3.8) is 0 Å². The van der Waals surface area contributed by atoms with Crippen LogP contribution in [0, 0.1) is 5.92 Å². The van der Waals surface area contributed by atoms with E-state index in [1.165, 1.54) is 29.7 Å². The number of anilines is 1. The molecule has 4 nitrogen and oxygen atoms in total. The molecule has 1 aromatic heterocycles. The number of benzene rings is 1. The van der Waals surface area contributed by atoms with E-state index in [1.807, 2.05) is 0 Å². The lowest BCUT2D eigenvalue weighted by molar-refractivity contribution is 0.164. The Morgan fingerprint density at radius 2 is 2.00 bits per heavy atom. The van der Waals surface area contributed by atoms with E-state index in [0.29, 0.717) is 0 Å². The van der Waals surface area contributed by atoms with Gasteiger partial charge >= 0.3 is 0 Å². The van der Waals surface area contributed by atoms with Crippen molar-refractivity contribution in [2.75, 3.05) is 50.8 Å². The maximum absolute atomic E-state index is 5.52. The number of hydrogen-bond acceptors (Lipinski definition) is 4. The zero-order chi connectivity index (χ0) is 16.4. The highest BCUT2D eigenvalue weighted by atomic mass is 16.5. The highest BCUT2D eigenvalue weighted by Gasteiger charge is 2.23. The summed E-state index contributed by atoms with van der Waals surface area (Å²) in [6.07, 6.45) is 2.22. The molecule has 0 aliphatic carbocycles. The van der Waals surface area contributed by atoms with E-state index < -0.39 is 0 Å². The molecule has 0 radical (unpaired) electrons. The van der Waals surface area contributed by atoms with Gasteiger partial charge in [-0.3, -0.25) is 9.88 Å². The van der Waals surface area contributed by atoms with Gasteiger partial charge in [0.25, 0.3) is 0 Å². The van der Waals surface area contributed by atoms with E-state index in [4.69, 9.17) is 9.72 Å². The summed E-state index contributed by atoms with van der Waals surface area (Å²) in [6, 6.07) is 10.8. The van der Waals surface area contributed by atoms with Crippen molar-refractivity contribution in [2.45, 2.75) is 19.8 Å². The van der Waals surface area contributed by atoms with Crippen LogP contribution < -0.4 is 4.90 Å². The average Bonchev–Trinajstić information content (AvgIpc) is 3.14. The molecule has 128 valence electrons. The third-order valence-electron chi connectivity index (χ3n) is 5.36. The lowest BCUT2D eigenvalue weighted by Crippen LogP contribution is -2.48. The molecular formula is C20H27N3O. The Labute approximate surface area is 144 Å². The normalized spacial score (nSPS) is 22.4. The van der Waals surface area contributed by atoms with Gasteiger partial charge in [-0.1, -0.05) is 25.1 Å². The number of pyridine rings is 1. The summed E-state index contributed by atoms with van der Waals surface area (Å²) in [7, 11) is 0. The molecule has 4 rings (SSSR count). The van der Waals surface area contributed by atoms with Gasteiger partial charge in [0.1, 0.15) is 0 Å². The Morgan fingerprint density at radius 1 is 1.17 bits per heavy atom. The van der Waals surface area contributed by atoms with Crippen molar-refractivity contribution in [3.8, 4) is 0 Å². The van der Waals surface area contributed by atoms with Crippen LogP contribution in [0.2, 0.25) is 0 Å². The third kappa shape index (κ3) is 3.26. The number of nitrogens with zero attached hydrogens (tertiary/aromatic N) is 3. The van der Waals surface area contributed by atoms with Crippen LogP contribution >= 0.6 is 0 Å². The number of piperazine rings is 1. The van der Waals surface area contributed by atoms with E-state index in [-0.39, 0.29) is 0 Å². The predicted octanol–water partition coefficient (Wildman–Crippen LogP) is 2.96. The Balaban J connectivity index is 1.49. The Kier molecular flexibility index (Phi) is 4.67. The molecule has 2 aliphatic rings. The molecule has 0 saturated carbocycles. The zero-order valence-corrected chi connectivity index (χ0v) is 14.6. The summed E-state index contributed by atoms with van der Waals surface area (Å²) in [6.45, 7) is 9.79. The van der Waals surface area contributed by atoms with E-state index in [1.54, 1.807) is 0 Å². The maximum Gasteiger partial charge on any atom is 0.0726 e. The average molecular weight is 325 g/mol. The summed E-state index contributed by atoms with van der Waals surface area (Å²) in [5.74, 6) is 0.741. The molecule has 2 aromatic rings. The fraction of sp³-hybridized carbons (Fsp3) is 0.550. The molecule has 2 saturated heterocycles. The number of hydrogen-bond donors (Lipinski definition) is 0. The van der Waals surface area contributed by atoms with Gasteiger partial charge < -0.3 is 9.64 Å². The van der Waals surface area contributed by atoms with Gasteiger partial charge in [-0.15, -0.1) is 0 Å². The van der Waals surface area contributed by atoms with Crippen LogP contribution in [0.3, 0.4) is 0 Å². The number of rotatable bonds is 4. The van der Waals surface area contributed by atoms with Crippen LogP contribution in [0.1, 0.15) is 19.0 Å². The smallest absolute Gasteiger partial charge is 0.0726 e. The topological polar surface area (TPSA) is 28.6 Å². The van der Waals surface area contributed by atoms with Crippen molar-refractivity contribution < 1.29 is 4.74 Å². The molecule has 0 spiro atoms. The monoisotopic (exact) mass is 325 g/mol. The molecule has 4 heteroatoms. The van der Waals surface area contributed by atoms with Crippen molar-refractivity contribution in [1.82, 2.24) is 9.88 Å². The largest absolute Gasteiger partial charge is 0.381 e. The first kappa shape index (κ1) is 15.9. The quantitative estimate of drug-likeness (QED) is 0.864. The van der Waals surface area contributed by atoms with E-state index in [9.17, 15) is 0 Å². The summed E-state index contributed by atoms with van der Waals surface area (Å²) in [5, 5.41) is 1.28. The molecule has 0 N–H and O–H groups in total. The standard InChI is InChI=1S/C20H27N3O/c1-2-17-13-20(18-5-3-4-6-19(18)21-17)23-10-8-22(9-11-23)14-16-7-12-24-15-16/h3-6,13,16H,2,7-12,14-15H2,1H3. The first-order chi connectivity index (χ1) is 11.8. The van der Waals surface area contributed by atoms with Crippen LogP contribution in [0.5, 0.6) is 0 Å². The van der Waals surface area contributed by atoms with E-state index in [2.05, 4.69) is 47.1 Å². The van der Waals surface area contributed by atoms with Gasteiger partial charge in [0.05, 0.1) is 12.1 Å². The summed E-state index contributed by atoms with van der Waals surface area (Å²) < 4.78 is 5.52. The van der Waals surface area contributed by atoms with Crippen LogP contribution in [-0.4, -0.2) is 55.8 Å². The predicted molar refractivity (Wildman–Crippen MR) is 98.7 cm³/mol. The molecule has 3 heterocycles. The van der Waals surface area contributed by atoms with Crippen LogP contribution in [0.4, 0.5) is 5.69 Å². The van der Waals surface area contributed by atoms with Gasteiger partial charge in [-0.25, -0.2) is 0 Å². The van der Waals surface area contributed by atoms with E-state index >= 15 is 0 Å². The zero-order valence-electron chi connectivity index (χ0n) is 14.6. The summed E-state index contributed by atoms with van der Waals surface area (Å²) >= 11 is 0. The van der Waals surface area contributed by atoms with Gasteiger partial charge in [0.15, 0.2) is 0 Å². The molecule has 0 bridgehead atoms. The fourth-order valence-electron chi connectivity index (χ4n) is 3.92. The Hall–Kier alpha value is -1.65. The minimum Gasteiger partial charge on any atom is -0.381 e. The van der Waals surface area contributed by atoms with E-state index in [0.717, 1.165) is 57.2 Å².